The molecular weight excluding hydrogens is 365 g/mol. The van der Waals surface area contributed by atoms with Crippen molar-refractivity contribution in [2.45, 2.75) is 40.0 Å². The quantitative estimate of drug-likeness (QED) is 0.803. The van der Waals surface area contributed by atoms with Gasteiger partial charge in [-0.2, -0.15) is 0 Å². The van der Waals surface area contributed by atoms with Crippen LogP contribution in [0.3, 0.4) is 0 Å². The fourth-order valence-electron chi connectivity index (χ4n) is 2.05. The topological polar surface area (TPSA) is 66.8 Å². The van der Waals surface area contributed by atoms with Crippen LogP contribution in [0.5, 0.6) is 5.75 Å². The van der Waals surface area contributed by atoms with Gasteiger partial charge in [0.25, 0.3) is 0 Å². The molecule has 1 fully saturated rings. The monoisotopic (exact) mass is 391 g/mol. The number of rotatable bonds is 4. The number of hydrogen-bond donors (Lipinski definition) is 1. The Bertz CT molecular complexity index is 546. The zero-order valence-corrected chi connectivity index (χ0v) is 16.7. The molecular formula is C18H27Cl2NO4. The van der Waals surface area contributed by atoms with Crippen LogP contribution in [0, 0.1) is 5.92 Å². The summed E-state index contributed by atoms with van der Waals surface area (Å²) < 4.78 is 4.91. The Hall–Kier alpha value is -1.46. The van der Waals surface area contributed by atoms with Crippen LogP contribution < -0.4 is 4.74 Å². The van der Waals surface area contributed by atoms with Crippen LogP contribution in [-0.4, -0.2) is 42.1 Å². The molecule has 142 valence electrons. The number of ether oxygens (including phenoxy) is 1. The van der Waals surface area contributed by atoms with E-state index in [4.69, 9.17) is 33.0 Å². The van der Waals surface area contributed by atoms with Gasteiger partial charge in [0.15, 0.2) is 0 Å². The van der Waals surface area contributed by atoms with Crippen molar-refractivity contribution in [3.8, 4) is 5.75 Å². The Balaban J connectivity index is 0.000000430. The summed E-state index contributed by atoms with van der Waals surface area (Å²) in [5.74, 6) is -0.762. The van der Waals surface area contributed by atoms with Gasteiger partial charge in [0.05, 0.1) is 23.1 Å². The number of carboxylic acids is 1. The van der Waals surface area contributed by atoms with Crippen LogP contribution in [0.25, 0.3) is 0 Å². The summed E-state index contributed by atoms with van der Waals surface area (Å²) in [6, 6.07) is 5.13. The predicted molar refractivity (Wildman–Crippen MR) is 102 cm³/mol. The number of nitrogens with zero attached hydrogens (tertiary/aromatic N) is 1. The van der Waals surface area contributed by atoms with E-state index in [1.54, 1.807) is 37.1 Å². The molecule has 2 rings (SSSR count). The second kappa shape index (κ2) is 12.8. The Morgan fingerprint density at radius 3 is 2.20 bits per heavy atom. The molecule has 1 atom stereocenters. The van der Waals surface area contributed by atoms with Crippen molar-refractivity contribution in [1.82, 2.24) is 4.90 Å². The number of carbonyl (C=O) groups is 2. The molecule has 1 unspecified atom stereocenters. The van der Waals surface area contributed by atoms with Crippen LogP contribution in [-0.2, 0) is 9.59 Å². The van der Waals surface area contributed by atoms with E-state index in [9.17, 15) is 9.59 Å². The van der Waals surface area contributed by atoms with E-state index in [-0.39, 0.29) is 12.3 Å². The third-order valence-electron chi connectivity index (χ3n) is 3.49. The molecule has 0 bridgehead atoms. The minimum absolute atomic E-state index is 0.0209. The Morgan fingerprint density at radius 2 is 1.76 bits per heavy atom. The van der Waals surface area contributed by atoms with E-state index >= 15 is 0 Å². The molecule has 1 aliphatic rings. The maximum atomic E-state index is 11.4. The summed E-state index contributed by atoms with van der Waals surface area (Å²) >= 11 is 11.3. The lowest BCUT2D eigenvalue weighted by atomic mass is 10.1. The molecule has 1 aliphatic heterocycles. The second-order valence-electron chi connectivity index (χ2n) is 5.31. The van der Waals surface area contributed by atoms with Crippen molar-refractivity contribution in [3.05, 3.63) is 28.2 Å². The van der Waals surface area contributed by atoms with Crippen LogP contribution in [0.4, 0.5) is 0 Å². The molecule has 25 heavy (non-hydrogen) atoms. The molecule has 1 heterocycles. The van der Waals surface area contributed by atoms with Crippen LogP contribution in [0.1, 0.15) is 40.0 Å². The largest absolute Gasteiger partial charge is 0.497 e. The van der Waals surface area contributed by atoms with Crippen molar-refractivity contribution in [3.63, 3.8) is 0 Å². The first-order valence-corrected chi connectivity index (χ1v) is 9.10. The van der Waals surface area contributed by atoms with Gasteiger partial charge in [-0.1, -0.05) is 44.0 Å². The van der Waals surface area contributed by atoms with Gasteiger partial charge in [0.2, 0.25) is 5.91 Å². The average Bonchev–Trinajstić information content (AvgIpc) is 3.14. The lowest BCUT2D eigenvalue weighted by Crippen LogP contribution is -2.30. The van der Waals surface area contributed by atoms with Gasteiger partial charge in [-0.3, -0.25) is 9.59 Å². The number of amides is 1. The number of benzene rings is 1. The van der Waals surface area contributed by atoms with Crippen LogP contribution >= 0.6 is 23.2 Å². The minimum Gasteiger partial charge on any atom is -0.497 e. The number of carboxylic acid groups (broad SMARTS) is 1. The van der Waals surface area contributed by atoms with E-state index in [0.29, 0.717) is 10.0 Å². The second-order valence-corrected chi connectivity index (χ2v) is 6.13. The normalized spacial score (nSPS) is 13.8. The first kappa shape index (κ1) is 23.5. The van der Waals surface area contributed by atoms with Gasteiger partial charge in [0.1, 0.15) is 5.75 Å². The zero-order chi connectivity index (χ0) is 19.4. The van der Waals surface area contributed by atoms with Crippen molar-refractivity contribution in [1.29, 1.82) is 0 Å². The number of methoxy groups -OCH3 is 1. The van der Waals surface area contributed by atoms with Gasteiger partial charge in [-0.05, 0) is 25.0 Å². The third-order valence-corrected chi connectivity index (χ3v) is 4.23. The first-order chi connectivity index (χ1) is 11.8. The molecule has 5 nitrogen and oxygen atoms in total. The molecule has 1 aromatic carbocycles. The third kappa shape index (κ3) is 8.98. The average molecular weight is 392 g/mol. The molecule has 1 amide bonds. The highest BCUT2D eigenvalue weighted by atomic mass is 35.5. The van der Waals surface area contributed by atoms with Crippen LogP contribution in [0.15, 0.2) is 18.2 Å². The van der Waals surface area contributed by atoms with E-state index in [0.717, 1.165) is 31.7 Å². The summed E-state index contributed by atoms with van der Waals surface area (Å²) in [5, 5.41) is 9.66. The van der Waals surface area contributed by atoms with Gasteiger partial charge < -0.3 is 14.7 Å². The smallest absolute Gasteiger partial charge is 0.306 e. The number of likely N-dealkylation sites (tertiary alicyclic amines) is 1. The van der Waals surface area contributed by atoms with Gasteiger partial charge in [-0.25, -0.2) is 0 Å². The number of halogens is 2. The predicted octanol–water partition coefficient (Wildman–Crippen LogP) is 4.75. The zero-order valence-electron chi connectivity index (χ0n) is 15.2. The highest BCUT2D eigenvalue weighted by molar-refractivity contribution is 6.42. The summed E-state index contributed by atoms with van der Waals surface area (Å²) in [6.45, 7) is 7.16. The Morgan fingerprint density at radius 1 is 1.20 bits per heavy atom. The van der Waals surface area contributed by atoms with Crippen molar-refractivity contribution in [2.24, 2.45) is 5.92 Å². The van der Waals surface area contributed by atoms with E-state index < -0.39 is 11.9 Å². The van der Waals surface area contributed by atoms with E-state index in [1.165, 1.54) is 0 Å². The summed E-state index contributed by atoms with van der Waals surface area (Å²) in [6.07, 6.45) is 2.23. The Labute approximate surface area is 159 Å². The summed E-state index contributed by atoms with van der Waals surface area (Å²) in [7, 11) is 1.58. The molecule has 1 N–H and O–H groups in total. The highest BCUT2D eigenvalue weighted by Crippen LogP contribution is 2.25. The van der Waals surface area contributed by atoms with Crippen molar-refractivity contribution >= 4 is 35.1 Å². The van der Waals surface area contributed by atoms with Gasteiger partial charge >= 0.3 is 5.97 Å². The van der Waals surface area contributed by atoms with E-state index in [1.807, 2.05) is 13.8 Å². The maximum Gasteiger partial charge on any atom is 0.306 e. The number of hydrogen-bond acceptors (Lipinski definition) is 3. The molecule has 1 saturated heterocycles. The molecule has 0 saturated carbocycles. The SMILES string of the molecule is CC.CC(CC(=O)N1CCCC1)C(=O)O.COc1ccc(Cl)c(Cl)c1. The van der Waals surface area contributed by atoms with E-state index in [2.05, 4.69) is 0 Å². The van der Waals surface area contributed by atoms with Crippen molar-refractivity contribution in [2.75, 3.05) is 20.2 Å². The molecule has 0 aliphatic carbocycles. The summed E-state index contributed by atoms with van der Waals surface area (Å²) in [4.78, 5) is 23.7. The molecule has 1 aromatic rings. The number of carbonyl (C=O) groups excluding carboxylic acids is 1. The number of aliphatic carboxylic acids is 1. The van der Waals surface area contributed by atoms with Crippen LogP contribution in [0.2, 0.25) is 10.0 Å². The molecule has 7 heteroatoms. The summed E-state index contributed by atoms with van der Waals surface area (Å²) in [5.41, 5.74) is 0. The van der Waals surface area contributed by atoms with Crippen molar-refractivity contribution < 1.29 is 19.4 Å². The molecule has 0 spiro atoms. The first-order valence-electron chi connectivity index (χ1n) is 8.34. The molecule has 0 radical (unpaired) electrons. The maximum absolute atomic E-state index is 11.4. The van der Waals surface area contributed by atoms with Gasteiger partial charge in [0, 0.05) is 25.6 Å². The standard InChI is InChI=1S/C9H15NO3.C7H6Cl2O.C2H6/c1-7(9(12)13)6-8(11)10-4-2-3-5-10;1-10-5-2-3-6(8)7(9)4-5;1-2/h7H,2-6H2,1H3,(H,12,13);2-4H,1H3;1-2H3. The fourth-order valence-corrected chi connectivity index (χ4v) is 2.34. The van der Waals surface area contributed by atoms with Gasteiger partial charge in [-0.15, -0.1) is 0 Å². The fraction of sp³-hybridized carbons (Fsp3) is 0.556. The minimum atomic E-state index is -0.896. The highest BCUT2D eigenvalue weighted by Gasteiger charge is 2.22. The lowest BCUT2D eigenvalue weighted by molar-refractivity contribution is -0.145. The molecule has 0 aromatic heterocycles. The Kier molecular flexibility index (Phi) is 12.1. The lowest BCUT2D eigenvalue weighted by Gasteiger charge is -2.16.